The van der Waals surface area contributed by atoms with Crippen molar-refractivity contribution in [3.05, 3.63) is 211 Å². The SMILES string of the molecule is C1=CC(c2ccc(N(c3ccc(-c4ccccc4)cc3)c3ccc(-c4ccc5c(c4)Cc4cc6c7ccccc7oc6c6c7ccccc7n-5c46)cc3)cc2)=CCC1. The van der Waals surface area contributed by atoms with Crippen molar-refractivity contribution in [3.8, 4) is 27.9 Å². The third-order valence-corrected chi connectivity index (χ3v) is 12.2. The van der Waals surface area contributed by atoms with E-state index in [1.54, 1.807) is 0 Å². The fourth-order valence-electron chi connectivity index (χ4n) is 9.44. The van der Waals surface area contributed by atoms with Crippen LogP contribution in [0.15, 0.2) is 199 Å². The van der Waals surface area contributed by atoms with Crippen molar-refractivity contribution in [2.45, 2.75) is 19.3 Å². The minimum Gasteiger partial charge on any atom is -0.455 e. The minimum absolute atomic E-state index is 0.860. The molecule has 2 aromatic heterocycles. The molecule has 0 fully saturated rings. The Morgan fingerprint density at radius 3 is 1.83 bits per heavy atom. The molecule has 2 aliphatic rings. The maximum Gasteiger partial charge on any atom is 0.145 e. The summed E-state index contributed by atoms with van der Waals surface area (Å²) in [6.45, 7) is 0. The third kappa shape index (κ3) is 5.20. The molecule has 8 aromatic carbocycles. The van der Waals surface area contributed by atoms with Gasteiger partial charge in [0.05, 0.1) is 16.4 Å². The Labute approximate surface area is 337 Å². The molecule has 0 saturated heterocycles. The van der Waals surface area contributed by atoms with Crippen molar-refractivity contribution in [2.24, 2.45) is 0 Å². The average Bonchev–Trinajstić information content (AvgIpc) is 3.85. The second kappa shape index (κ2) is 13.1. The number of anilines is 3. The molecule has 0 radical (unpaired) electrons. The van der Waals surface area contributed by atoms with Crippen LogP contribution in [0.25, 0.3) is 77.3 Å². The number of furan rings is 1. The van der Waals surface area contributed by atoms with E-state index in [0.717, 1.165) is 47.5 Å². The molecule has 0 atom stereocenters. The van der Waals surface area contributed by atoms with E-state index in [1.807, 2.05) is 0 Å². The van der Waals surface area contributed by atoms with E-state index >= 15 is 0 Å². The van der Waals surface area contributed by atoms with Crippen molar-refractivity contribution in [3.63, 3.8) is 0 Å². The van der Waals surface area contributed by atoms with Gasteiger partial charge < -0.3 is 13.9 Å². The summed E-state index contributed by atoms with van der Waals surface area (Å²) >= 11 is 0. The Hall–Kier alpha value is -7.36. The number of rotatable bonds is 6. The van der Waals surface area contributed by atoms with Gasteiger partial charge in [-0.25, -0.2) is 0 Å². The van der Waals surface area contributed by atoms with Gasteiger partial charge in [0.15, 0.2) is 0 Å². The molecular formula is C55H38N2O. The average molecular weight is 743 g/mol. The Balaban J connectivity index is 0.932. The standard InChI is InChI=1S/C55H38N2O/c1-3-11-36(12-4-1)38-19-26-44(27-20-38)56(45-28-21-39(22-29-45)37-13-5-2-6-14-37)46-30-23-40(24-31-46)41-25-32-50-42(33-41)34-43-35-49-47-15-8-10-18-52(47)58-55(49)53-48-16-7-9-17-51(48)57(50)54(43)53/h1,3-5,7-33,35H,2,6,34H2. The molecule has 274 valence electrons. The Morgan fingerprint density at radius 1 is 0.483 bits per heavy atom. The van der Waals surface area contributed by atoms with E-state index in [1.165, 1.54) is 82.8 Å². The Morgan fingerprint density at radius 2 is 1.10 bits per heavy atom. The Bertz CT molecular complexity index is 3270. The molecule has 0 N–H and O–H groups in total. The quantitative estimate of drug-likeness (QED) is 0.169. The van der Waals surface area contributed by atoms with Gasteiger partial charge in [-0.2, -0.15) is 0 Å². The number of nitrogens with zero attached hydrogens (tertiary/aromatic N) is 2. The molecule has 3 heteroatoms. The number of fused-ring (bicyclic) bond motifs is 9. The van der Waals surface area contributed by atoms with Crippen LogP contribution >= 0.6 is 0 Å². The number of aromatic nitrogens is 1. The van der Waals surface area contributed by atoms with Gasteiger partial charge in [0.1, 0.15) is 11.2 Å². The van der Waals surface area contributed by atoms with Crippen LogP contribution in [0.2, 0.25) is 0 Å². The van der Waals surface area contributed by atoms with Crippen LogP contribution in [0.4, 0.5) is 17.1 Å². The first kappa shape index (κ1) is 32.8. The zero-order valence-corrected chi connectivity index (χ0v) is 31.9. The first-order valence-corrected chi connectivity index (χ1v) is 20.3. The predicted octanol–water partition coefficient (Wildman–Crippen LogP) is 15.1. The van der Waals surface area contributed by atoms with Crippen molar-refractivity contribution in [1.29, 1.82) is 0 Å². The lowest BCUT2D eigenvalue weighted by Gasteiger charge is -2.26. The molecule has 1 aliphatic heterocycles. The van der Waals surface area contributed by atoms with Gasteiger partial charge in [0.2, 0.25) is 0 Å². The summed E-state index contributed by atoms with van der Waals surface area (Å²) in [5.74, 6) is 0. The molecule has 0 amide bonds. The Kier molecular flexibility index (Phi) is 7.42. The summed E-state index contributed by atoms with van der Waals surface area (Å²) < 4.78 is 9.05. The number of hydrogen-bond acceptors (Lipinski definition) is 2. The lowest BCUT2D eigenvalue weighted by Crippen LogP contribution is -2.10. The van der Waals surface area contributed by atoms with Crippen LogP contribution in [0, 0.1) is 0 Å². The number of allylic oxidation sites excluding steroid dienone is 4. The van der Waals surface area contributed by atoms with Gasteiger partial charge in [-0.1, -0.05) is 127 Å². The van der Waals surface area contributed by atoms with Crippen LogP contribution in [-0.4, -0.2) is 4.57 Å². The van der Waals surface area contributed by atoms with Crippen molar-refractivity contribution >= 4 is 66.4 Å². The largest absolute Gasteiger partial charge is 0.455 e. The van der Waals surface area contributed by atoms with Crippen LogP contribution in [0.5, 0.6) is 0 Å². The molecule has 0 saturated carbocycles. The van der Waals surface area contributed by atoms with Crippen molar-refractivity contribution in [1.82, 2.24) is 4.57 Å². The second-order valence-electron chi connectivity index (χ2n) is 15.6. The van der Waals surface area contributed by atoms with E-state index in [-0.39, 0.29) is 0 Å². The lowest BCUT2D eigenvalue weighted by atomic mass is 9.92. The highest BCUT2D eigenvalue weighted by molar-refractivity contribution is 6.25. The summed E-state index contributed by atoms with van der Waals surface area (Å²) in [4.78, 5) is 2.36. The normalized spacial score (nSPS) is 13.3. The zero-order chi connectivity index (χ0) is 38.2. The topological polar surface area (TPSA) is 21.3 Å². The number of hydrogen-bond donors (Lipinski definition) is 0. The van der Waals surface area contributed by atoms with E-state index in [2.05, 4.69) is 204 Å². The molecule has 1 aliphatic carbocycles. The number of benzene rings is 8. The monoisotopic (exact) mass is 742 g/mol. The number of para-hydroxylation sites is 2. The highest BCUT2D eigenvalue weighted by Gasteiger charge is 2.26. The van der Waals surface area contributed by atoms with Gasteiger partial charge in [-0.3, -0.25) is 0 Å². The highest BCUT2D eigenvalue weighted by Crippen LogP contribution is 2.46. The lowest BCUT2D eigenvalue weighted by molar-refractivity contribution is 0.673. The van der Waals surface area contributed by atoms with E-state index in [0.29, 0.717) is 0 Å². The smallest absolute Gasteiger partial charge is 0.145 e. The van der Waals surface area contributed by atoms with Crippen molar-refractivity contribution in [2.75, 3.05) is 4.90 Å². The maximum atomic E-state index is 6.59. The van der Waals surface area contributed by atoms with E-state index < -0.39 is 0 Å². The molecule has 3 nitrogen and oxygen atoms in total. The summed E-state index contributed by atoms with van der Waals surface area (Å²) in [6, 6.07) is 64.2. The van der Waals surface area contributed by atoms with Crippen LogP contribution in [-0.2, 0) is 6.42 Å². The first-order valence-electron chi connectivity index (χ1n) is 20.3. The van der Waals surface area contributed by atoms with Crippen LogP contribution in [0.3, 0.4) is 0 Å². The molecule has 0 bridgehead atoms. The van der Waals surface area contributed by atoms with Gasteiger partial charge in [0, 0.05) is 45.3 Å². The third-order valence-electron chi connectivity index (χ3n) is 12.2. The predicted molar refractivity (Wildman–Crippen MR) is 243 cm³/mol. The molecule has 12 rings (SSSR count). The van der Waals surface area contributed by atoms with Crippen molar-refractivity contribution < 1.29 is 4.42 Å². The summed E-state index contributed by atoms with van der Waals surface area (Å²) in [5.41, 5.74) is 19.0. The molecule has 58 heavy (non-hydrogen) atoms. The van der Waals surface area contributed by atoms with Crippen LogP contribution < -0.4 is 4.90 Å². The summed E-state index contributed by atoms with van der Waals surface area (Å²) in [6.07, 6.45) is 9.93. The van der Waals surface area contributed by atoms with Gasteiger partial charge in [-0.15, -0.1) is 0 Å². The molecule has 10 aromatic rings. The van der Waals surface area contributed by atoms with E-state index in [9.17, 15) is 0 Å². The summed E-state index contributed by atoms with van der Waals surface area (Å²) in [7, 11) is 0. The molecule has 3 heterocycles. The van der Waals surface area contributed by atoms with E-state index in [4.69, 9.17) is 4.42 Å². The fraction of sp³-hybridized carbons (Fsp3) is 0.0545. The van der Waals surface area contributed by atoms with Gasteiger partial charge >= 0.3 is 0 Å². The second-order valence-corrected chi connectivity index (χ2v) is 15.6. The minimum atomic E-state index is 0.860. The molecule has 0 unspecified atom stereocenters. The molecule has 0 spiro atoms. The fourth-order valence-corrected chi connectivity index (χ4v) is 9.44. The first-order chi connectivity index (χ1) is 28.7. The zero-order valence-electron chi connectivity index (χ0n) is 31.9. The highest BCUT2D eigenvalue weighted by atomic mass is 16.3. The van der Waals surface area contributed by atoms with Gasteiger partial charge in [-0.05, 0) is 124 Å². The summed E-state index contributed by atoms with van der Waals surface area (Å²) in [5, 5.41) is 4.80. The van der Waals surface area contributed by atoms with Gasteiger partial charge in [0.25, 0.3) is 0 Å². The maximum absolute atomic E-state index is 6.59. The molecular weight excluding hydrogens is 705 g/mol. The van der Waals surface area contributed by atoms with Crippen LogP contribution in [0.1, 0.15) is 29.5 Å².